The fourth-order valence-corrected chi connectivity index (χ4v) is 1.98. The molecular weight excluding hydrogens is 204 g/mol. The molecule has 4 nitrogen and oxygen atoms in total. The first-order valence-corrected chi connectivity index (χ1v) is 5.24. The second-order valence-corrected chi connectivity index (χ2v) is 4.31. The summed E-state index contributed by atoms with van der Waals surface area (Å²) >= 11 is 0. The topological polar surface area (TPSA) is 48.1 Å². The van der Waals surface area contributed by atoms with E-state index in [0.29, 0.717) is 5.92 Å². The predicted molar refractivity (Wildman–Crippen MR) is 63.7 cm³/mol. The van der Waals surface area contributed by atoms with Crippen molar-refractivity contribution in [1.29, 1.82) is 0 Å². The van der Waals surface area contributed by atoms with Gasteiger partial charge in [-0.15, -0.1) is 0 Å². The van der Waals surface area contributed by atoms with Crippen LogP contribution in [0.5, 0.6) is 0 Å². The molecule has 0 N–H and O–H groups in total. The van der Waals surface area contributed by atoms with Crippen molar-refractivity contribution in [2.45, 2.75) is 19.8 Å². The molecule has 0 aliphatic carbocycles. The third kappa shape index (κ3) is 1.56. The number of fused-ring (bicyclic) bond motifs is 1. The highest BCUT2D eigenvalue weighted by atomic mass is 16.6. The number of non-ortho nitro benzene ring substituents is 1. The SMILES string of the molecule is CC(C)c1cn(C)c2ccc([N+](=O)[O-])cc12. The van der Waals surface area contributed by atoms with E-state index in [4.69, 9.17) is 0 Å². The van der Waals surface area contributed by atoms with E-state index in [9.17, 15) is 10.1 Å². The van der Waals surface area contributed by atoms with Crippen LogP contribution in [0.1, 0.15) is 25.3 Å². The second-order valence-electron chi connectivity index (χ2n) is 4.31. The Morgan fingerprint density at radius 1 is 1.38 bits per heavy atom. The minimum atomic E-state index is -0.351. The number of aryl methyl sites for hydroxylation is 1. The van der Waals surface area contributed by atoms with Crippen LogP contribution in [-0.2, 0) is 7.05 Å². The monoisotopic (exact) mass is 218 g/mol. The molecule has 0 bridgehead atoms. The number of hydrogen-bond donors (Lipinski definition) is 0. The molecule has 16 heavy (non-hydrogen) atoms. The van der Waals surface area contributed by atoms with Crippen molar-refractivity contribution in [3.63, 3.8) is 0 Å². The van der Waals surface area contributed by atoms with Gasteiger partial charge in [0.25, 0.3) is 5.69 Å². The van der Waals surface area contributed by atoms with Gasteiger partial charge in [0.2, 0.25) is 0 Å². The smallest absolute Gasteiger partial charge is 0.270 e. The molecule has 2 rings (SSSR count). The van der Waals surface area contributed by atoms with Gasteiger partial charge in [-0.05, 0) is 17.5 Å². The number of nitro benzene ring substituents is 1. The average Bonchev–Trinajstić information content (AvgIpc) is 2.56. The Kier molecular flexibility index (Phi) is 2.42. The van der Waals surface area contributed by atoms with E-state index >= 15 is 0 Å². The Morgan fingerprint density at radius 2 is 2.06 bits per heavy atom. The molecular formula is C12H14N2O2. The summed E-state index contributed by atoms with van der Waals surface area (Å²) < 4.78 is 2.01. The van der Waals surface area contributed by atoms with Crippen LogP contribution in [0.15, 0.2) is 24.4 Å². The van der Waals surface area contributed by atoms with E-state index in [1.807, 2.05) is 17.8 Å². The van der Waals surface area contributed by atoms with E-state index < -0.39 is 0 Å². The molecule has 0 unspecified atom stereocenters. The van der Waals surface area contributed by atoms with Gasteiger partial charge in [-0.1, -0.05) is 13.8 Å². The van der Waals surface area contributed by atoms with Crippen molar-refractivity contribution in [2.24, 2.45) is 7.05 Å². The van der Waals surface area contributed by atoms with E-state index in [-0.39, 0.29) is 10.6 Å². The van der Waals surface area contributed by atoms with Crippen molar-refractivity contribution in [3.05, 3.63) is 40.1 Å². The lowest BCUT2D eigenvalue weighted by molar-refractivity contribution is -0.384. The van der Waals surface area contributed by atoms with E-state index in [0.717, 1.165) is 16.5 Å². The number of nitrogens with zero attached hydrogens (tertiary/aromatic N) is 2. The van der Waals surface area contributed by atoms with Crippen LogP contribution in [0.25, 0.3) is 10.9 Å². The summed E-state index contributed by atoms with van der Waals surface area (Å²) in [5.41, 5.74) is 2.34. The first-order valence-electron chi connectivity index (χ1n) is 5.24. The van der Waals surface area contributed by atoms with Crippen molar-refractivity contribution >= 4 is 16.6 Å². The molecule has 0 saturated carbocycles. The van der Waals surface area contributed by atoms with Gasteiger partial charge >= 0.3 is 0 Å². The molecule has 0 saturated heterocycles. The molecule has 0 radical (unpaired) electrons. The maximum atomic E-state index is 10.7. The summed E-state index contributed by atoms with van der Waals surface area (Å²) in [5, 5.41) is 11.7. The summed E-state index contributed by atoms with van der Waals surface area (Å²) in [6.45, 7) is 4.18. The number of benzene rings is 1. The zero-order valence-corrected chi connectivity index (χ0v) is 9.60. The van der Waals surface area contributed by atoms with Crippen molar-refractivity contribution in [1.82, 2.24) is 4.57 Å². The maximum absolute atomic E-state index is 10.7. The standard InChI is InChI=1S/C12H14N2O2/c1-8(2)11-7-13(3)12-5-4-9(14(15)16)6-10(11)12/h4-8H,1-3H3. The van der Waals surface area contributed by atoms with Crippen LogP contribution in [0, 0.1) is 10.1 Å². The molecule has 84 valence electrons. The molecule has 4 heteroatoms. The molecule has 1 aromatic carbocycles. The van der Waals surface area contributed by atoms with Gasteiger partial charge in [0.05, 0.1) is 4.92 Å². The largest absolute Gasteiger partial charge is 0.350 e. The first-order chi connectivity index (χ1) is 7.50. The Balaban J connectivity index is 2.74. The number of aromatic nitrogens is 1. The first kappa shape index (κ1) is 10.7. The third-order valence-electron chi connectivity index (χ3n) is 2.84. The van der Waals surface area contributed by atoms with Crippen LogP contribution in [0.4, 0.5) is 5.69 Å². The third-order valence-corrected chi connectivity index (χ3v) is 2.84. The van der Waals surface area contributed by atoms with E-state index in [2.05, 4.69) is 13.8 Å². The van der Waals surface area contributed by atoms with Crippen LogP contribution >= 0.6 is 0 Å². The van der Waals surface area contributed by atoms with Crippen molar-refractivity contribution < 1.29 is 4.92 Å². The molecule has 0 atom stereocenters. The summed E-state index contributed by atoms with van der Waals surface area (Å²) in [5.74, 6) is 0.366. The summed E-state index contributed by atoms with van der Waals surface area (Å²) in [4.78, 5) is 10.4. The summed E-state index contributed by atoms with van der Waals surface area (Å²) in [6.07, 6.45) is 2.04. The number of nitro groups is 1. The summed E-state index contributed by atoms with van der Waals surface area (Å²) in [7, 11) is 1.96. The molecule has 0 spiro atoms. The zero-order chi connectivity index (χ0) is 11.9. The molecule has 2 aromatic rings. The van der Waals surface area contributed by atoms with E-state index in [1.54, 1.807) is 18.2 Å². The Morgan fingerprint density at radius 3 is 2.62 bits per heavy atom. The molecule has 1 aromatic heterocycles. The fraction of sp³-hybridized carbons (Fsp3) is 0.333. The lowest BCUT2D eigenvalue weighted by Crippen LogP contribution is -1.89. The highest BCUT2D eigenvalue weighted by Gasteiger charge is 2.13. The molecule has 0 amide bonds. The minimum Gasteiger partial charge on any atom is -0.350 e. The molecule has 0 aliphatic heterocycles. The lowest BCUT2D eigenvalue weighted by Gasteiger charge is -2.01. The molecule has 0 fully saturated rings. The average molecular weight is 218 g/mol. The van der Waals surface area contributed by atoms with Gasteiger partial charge in [0, 0.05) is 36.3 Å². The highest BCUT2D eigenvalue weighted by molar-refractivity contribution is 5.86. The summed E-state index contributed by atoms with van der Waals surface area (Å²) in [6, 6.07) is 5.01. The quantitative estimate of drug-likeness (QED) is 0.574. The van der Waals surface area contributed by atoms with Gasteiger partial charge in [-0.3, -0.25) is 10.1 Å². The van der Waals surface area contributed by atoms with Crippen molar-refractivity contribution in [2.75, 3.05) is 0 Å². The molecule has 0 aliphatic rings. The van der Waals surface area contributed by atoms with Crippen LogP contribution in [0.3, 0.4) is 0 Å². The van der Waals surface area contributed by atoms with Crippen molar-refractivity contribution in [3.8, 4) is 0 Å². The van der Waals surface area contributed by atoms with Crippen LogP contribution in [0.2, 0.25) is 0 Å². The van der Waals surface area contributed by atoms with Crippen LogP contribution in [-0.4, -0.2) is 9.49 Å². The van der Waals surface area contributed by atoms with E-state index in [1.165, 1.54) is 0 Å². The van der Waals surface area contributed by atoms with Gasteiger partial charge in [-0.25, -0.2) is 0 Å². The Hall–Kier alpha value is -1.84. The highest BCUT2D eigenvalue weighted by Crippen LogP contribution is 2.29. The minimum absolute atomic E-state index is 0.153. The van der Waals surface area contributed by atoms with Gasteiger partial charge < -0.3 is 4.57 Å². The fourth-order valence-electron chi connectivity index (χ4n) is 1.98. The van der Waals surface area contributed by atoms with Gasteiger partial charge in [0.1, 0.15) is 0 Å². The zero-order valence-electron chi connectivity index (χ0n) is 9.60. The predicted octanol–water partition coefficient (Wildman–Crippen LogP) is 3.21. The number of hydrogen-bond acceptors (Lipinski definition) is 2. The number of rotatable bonds is 2. The second kappa shape index (κ2) is 3.63. The maximum Gasteiger partial charge on any atom is 0.270 e. The lowest BCUT2D eigenvalue weighted by atomic mass is 10.0. The molecule has 1 heterocycles. The van der Waals surface area contributed by atoms with Gasteiger partial charge in [-0.2, -0.15) is 0 Å². The van der Waals surface area contributed by atoms with Crippen LogP contribution < -0.4 is 0 Å². The Bertz CT molecular complexity index is 555. The Labute approximate surface area is 93.6 Å². The normalized spacial score (nSPS) is 11.2. The van der Waals surface area contributed by atoms with Gasteiger partial charge in [0.15, 0.2) is 0 Å².